The Bertz CT molecular complexity index is 1040. The number of hydrogen-bond donors (Lipinski definition) is 1. The number of aromatic nitrogens is 4. The summed E-state index contributed by atoms with van der Waals surface area (Å²) in [6.45, 7) is 0.778. The fraction of sp³-hybridized carbons (Fsp3) is 0.278. The summed E-state index contributed by atoms with van der Waals surface area (Å²) in [4.78, 5) is 12.6. The number of aryl methyl sites for hydroxylation is 1. The molecule has 146 valence electrons. The first-order valence-electron chi connectivity index (χ1n) is 8.76. The van der Waals surface area contributed by atoms with Crippen molar-refractivity contribution >= 4 is 21.5 Å². The fourth-order valence-corrected chi connectivity index (χ4v) is 4.32. The summed E-state index contributed by atoms with van der Waals surface area (Å²) in [7, 11) is -1.92. The fourth-order valence-electron chi connectivity index (χ4n) is 2.93. The van der Waals surface area contributed by atoms with E-state index in [-0.39, 0.29) is 18.1 Å². The lowest BCUT2D eigenvalue weighted by atomic mass is 10.2. The zero-order chi connectivity index (χ0) is 19.6. The van der Waals surface area contributed by atoms with E-state index in [1.54, 1.807) is 24.0 Å². The molecule has 9 nitrogen and oxygen atoms in total. The van der Waals surface area contributed by atoms with Crippen molar-refractivity contribution in [1.29, 1.82) is 0 Å². The van der Waals surface area contributed by atoms with Gasteiger partial charge in [-0.2, -0.15) is 4.31 Å². The van der Waals surface area contributed by atoms with E-state index in [0.29, 0.717) is 12.3 Å². The van der Waals surface area contributed by atoms with Gasteiger partial charge in [0.25, 0.3) is 10.0 Å². The second-order valence-electron chi connectivity index (χ2n) is 6.41. The van der Waals surface area contributed by atoms with Gasteiger partial charge in [-0.3, -0.25) is 4.98 Å². The van der Waals surface area contributed by atoms with Crippen molar-refractivity contribution in [3.8, 4) is 0 Å². The van der Waals surface area contributed by atoms with Gasteiger partial charge in [0.1, 0.15) is 11.9 Å². The third-order valence-corrected chi connectivity index (χ3v) is 6.12. The van der Waals surface area contributed by atoms with Crippen LogP contribution in [0.5, 0.6) is 0 Å². The van der Waals surface area contributed by atoms with Gasteiger partial charge < -0.3 is 14.6 Å². The third-order valence-electron chi connectivity index (χ3n) is 4.37. The number of anilines is 2. The molecule has 1 aliphatic heterocycles. The van der Waals surface area contributed by atoms with Crippen LogP contribution < -0.4 is 5.32 Å². The Hall–Kier alpha value is -2.82. The van der Waals surface area contributed by atoms with E-state index < -0.39 is 16.1 Å². The average Bonchev–Trinajstić information content (AvgIpc) is 3.17. The molecule has 10 heteroatoms. The monoisotopic (exact) mass is 400 g/mol. The van der Waals surface area contributed by atoms with E-state index in [2.05, 4.69) is 20.3 Å². The van der Waals surface area contributed by atoms with E-state index in [1.807, 2.05) is 30.3 Å². The topological polar surface area (TPSA) is 102 Å². The number of imidazole rings is 1. The number of morpholine rings is 1. The van der Waals surface area contributed by atoms with Crippen molar-refractivity contribution in [3.63, 3.8) is 0 Å². The largest absolute Gasteiger partial charge is 0.369 e. The quantitative estimate of drug-likeness (QED) is 0.696. The number of nitrogens with one attached hydrogen (secondary N) is 1. The Labute approximate surface area is 163 Å². The van der Waals surface area contributed by atoms with E-state index in [0.717, 1.165) is 11.5 Å². The lowest BCUT2D eigenvalue weighted by molar-refractivity contribution is -0.00498. The van der Waals surface area contributed by atoms with Crippen LogP contribution in [0.25, 0.3) is 0 Å². The molecule has 28 heavy (non-hydrogen) atoms. The van der Waals surface area contributed by atoms with Crippen molar-refractivity contribution in [1.82, 2.24) is 23.8 Å². The molecule has 0 aromatic carbocycles. The summed E-state index contributed by atoms with van der Waals surface area (Å²) in [5, 5.41) is 3.20. The number of hydrogen-bond acceptors (Lipinski definition) is 7. The molecule has 1 aliphatic rings. The van der Waals surface area contributed by atoms with Gasteiger partial charge in [-0.25, -0.2) is 18.4 Å². The maximum atomic E-state index is 12.8. The predicted octanol–water partition coefficient (Wildman–Crippen LogP) is 1.72. The number of sulfonamides is 1. The molecular formula is C18H20N6O3S. The molecule has 3 aromatic heterocycles. The maximum Gasteiger partial charge on any atom is 0.262 e. The summed E-state index contributed by atoms with van der Waals surface area (Å²) >= 11 is 0. The van der Waals surface area contributed by atoms with Crippen molar-refractivity contribution in [3.05, 3.63) is 60.9 Å². The lowest BCUT2D eigenvalue weighted by Crippen LogP contribution is -2.42. The molecule has 1 saturated heterocycles. The Morgan fingerprint density at radius 2 is 2.07 bits per heavy atom. The first-order chi connectivity index (χ1) is 13.5. The normalized spacial score (nSPS) is 18.1. The van der Waals surface area contributed by atoms with E-state index in [1.165, 1.54) is 16.8 Å². The van der Waals surface area contributed by atoms with Crippen LogP contribution in [0.15, 0.2) is 60.3 Å². The van der Waals surface area contributed by atoms with Crippen LogP contribution in [0.3, 0.4) is 0 Å². The van der Waals surface area contributed by atoms with Gasteiger partial charge in [0.05, 0.1) is 30.5 Å². The van der Waals surface area contributed by atoms with E-state index in [9.17, 15) is 8.42 Å². The maximum absolute atomic E-state index is 12.8. The van der Waals surface area contributed by atoms with Gasteiger partial charge in [-0.15, -0.1) is 0 Å². The molecular weight excluding hydrogens is 380 g/mol. The van der Waals surface area contributed by atoms with Crippen LogP contribution in [-0.2, 0) is 21.8 Å². The summed E-state index contributed by atoms with van der Waals surface area (Å²) in [6.07, 6.45) is 5.92. The number of nitrogens with zero attached hydrogens (tertiary/aromatic N) is 5. The van der Waals surface area contributed by atoms with E-state index >= 15 is 0 Å². The molecule has 0 aliphatic carbocycles. The number of ether oxygens (including phenoxy) is 1. The number of rotatable bonds is 5. The first kappa shape index (κ1) is 18.5. The zero-order valence-corrected chi connectivity index (χ0v) is 16.1. The lowest BCUT2D eigenvalue weighted by Gasteiger charge is -2.31. The molecule has 1 atom stereocenters. The first-order valence-corrected chi connectivity index (χ1v) is 10.2. The highest BCUT2D eigenvalue weighted by atomic mass is 32.2. The molecule has 0 spiro atoms. The van der Waals surface area contributed by atoms with Crippen LogP contribution in [-0.4, -0.2) is 51.9 Å². The molecule has 4 heterocycles. The molecule has 0 radical (unpaired) electrons. The number of pyridine rings is 2. The minimum atomic E-state index is -3.66. The molecule has 0 saturated carbocycles. The van der Waals surface area contributed by atoms with Gasteiger partial charge in [0.15, 0.2) is 5.03 Å². The summed E-state index contributed by atoms with van der Waals surface area (Å²) < 4.78 is 34.4. The third kappa shape index (κ3) is 3.88. The molecule has 0 unspecified atom stereocenters. The average molecular weight is 400 g/mol. The SMILES string of the molecule is Cn1cnc(S(=O)(=O)N2CCO[C@H](c3ccc(Nc4ccccn4)cn3)C2)c1. The van der Waals surface area contributed by atoms with Crippen molar-refractivity contribution < 1.29 is 13.2 Å². The molecule has 4 rings (SSSR count). The van der Waals surface area contributed by atoms with Gasteiger partial charge in [-0.05, 0) is 24.3 Å². The van der Waals surface area contributed by atoms with Crippen LogP contribution in [0.2, 0.25) is 0 Å². The standard InChI is InChI=1S/C18H20N6O3S/c1-23-12-18(21-13-23)28(25,26)24-8-9-27-16(11-24)15-6-5-14(10-20-15)22-17-4-2-3-7-19-17/h2-7,10,12-13,16H,8-9,11H2,1H3,(H,19,22)/t16-/m0/s1. The molecule has 0 bridgehead atoms. The Morgan fingerprint density at radius 1 is 1.18 bits per heavy atom. The summed E-state index contributed by atoms with van der Waals surface area (Å²) in [6, 6.07) is 9.29. The molecule has 1 N–H and O–H groups in total. The highest BCUT2D eigenvalue weighted by Gasteiger charge is 2.33. The molecule has 0 amide bonds. The van der Waals surface area contributed by atoms with Crippen LogP contribution in [0, 0.1) is 0 Å². The van der Waals surface area contributed by atoms with Crippen molar-refractivity contribution in [2.75, 3.05) is 25.0 Å². The highest BCUT2D eigenvalue weighted by molar-refractivity contribution is 7.89. The second kappa shape index (κ2) is 7.66. The highest BCUT2D eigenvalue weighted by Crippen LogP contribution is 2.25. The van der Waals surface area contributed by atoms with Crippen LogP contribution in [0.4, 0.5) is 11.5 Å². The van der Waals surface area contributed by atoms with Crippen LogP contribution >= 0.6 is 0 Å². The second-order valence-corrected chi connectivity index (χ2v) is 8.30. The Balaban J connectivity index is 1.47. The molecule has 3 aromatic rings. The molecule has 1 fully saturated rings. The predicted molar refractivity (Wildman–Crippen MR) is 102 cm³/mol. The Morgan fingerprint density at radius 3 is 2.75 bits per heavy atom. The minimum Gasteiger partial charge on any atom is -0.369 e. The van der Waals surface area contributed by atoms with Gasteiger partial charge in [-0.1, -0.05) is 6.07 Å². The smallest absolute Gasteiger partial charge is 0.262 e. The van der Waals surface area contributed by atoms with Crippen LogP contribution in [0.1, 0.15) is 11.8 Å². The van der Waals surface area contributed by atoms with E-state index in [4.69, 9.17) is 4.74 Å². The van der Waals surface area contributed by atoms with Gasteiger partial charge >= 0.3 is 0 Å². The van der Waals surface area contributed by atoms with Crippen molar-refractivity contribution in [2.24, 2.45) is 7.05 Å². The Kier molecular flexibility index (Phi) is 5.07. The van der Waals surface area contributed by atoms with Crippen molar-refractivity contribution in [2.45, 2.75) is 11.1 Å². The van der Waals surface area contributed by atoms with Gasteiger partial charge in [0.2, 0.25) is 0 Å². The van der Waals surface area contributed by atoms with Gasteiger partial charge in [0, 0.05) is 32.5 Å². The minimum absolute atomic E-state index is 0.0403. The zero-order valence-electron chi connectivity index (χ0n) is 15.3. The summed E-state index contributed by atoms with van der Waals surface area (Å²) in [5.74, 6) is 0.721. The summed E-state index contributed by atoms with van der Waals surface area (Å²) in [5.41, 5.74) is 1.46.